The first-order valence-corrected chi connectivity index (χ1v) is 15.2. The number of aromatic nitrogens is 1. The molecule has 10 nitrogen and oxygen atoms in total. The lowest BCUT2D eigenvalue weighted by Gasteiger charge is -2.50. The number of rotatable bonds is 11. The molecule has 3 aliphatic heterocycles. The monoisotopic (exact) mass is 598 g/mol. The van der Waals surface area contributed by atoms with Gasteiger partial charge in [-0.2, -0.15) is 8.78 Å². The van der Waals surface area contributed by atoms with E-state index in [0.29, 0.717) is 50.2 Å². The zero-order valence-corrected chi connectivity index (χ0v) is 24.7. The number of carbonyl (C=O) groups is 3. The molecule has 4 aliphatic rings. The highest BCUT2D eigenvalue weighted by atomic mass is 32.1. The molecule has 1 aliphatic carbocycles. The molecule has 1 saturated carbocycles. The molecule has 4 atom stereocenters. The van der Waals surface area contributed by atoms with Crippen molar-refractivity contribution in [2.45, 2.75) is 58.8 Å². The van der Waals surface area contributed by atoms with Crippen molar-refractivity contribution in [3.8, 4) is 0 Å². The van der Waals surface area contributed by atoms with Gasteiger partial charge in [0.1, 0.15) is 4.88 Å². The van der Waals surface area contributed by atoms with E-state index in [-0.39, 0.29) is 35.6 Å². The molecule has 4 heterocycles. The van der Waals surface area contributed by atoms with Gasteiger partial charge in [0.25, 0.3) is 5.91 Å². The average Bonchev–Trinajstić information content (AvgIpc) is 3.30. The van der Waals surface area contributed by atoms with Gasteiger partial charge in [-0.25, -0.2) is 0 Å². The van der Waals surface area contributed by atoms with E-state index in [1.807, 2.05) is 0 Å². The fourth-order valence-corrected chi connectivity index (χ4v) is 6.92. The Bertz CT molecular complexity index is 1090. The normalized spacial score (nSPS) is 26.6. The summed E-state index contributed by atoms with van der Waals surface area (Å²) in [6.45, 7) is 5.47. The van der Waals surface area contributed by atoms with Crippen LogP contribution in [0.4, 0.5) is 8.78 Å². The van der Waals surface area contributed by atoms with E-state index >= 15 is 0 Å². The molecule has 41 heavy (non-hydrogen) atoms. The van der Waals surface area contributed by atoms with Crippen molar-refractivity contribution in [3.05, 3.63) is 16.6 Å². The summed E-state index contributed by atoms with van der Waals surface area (Å²) in [7, 11) is 0. The van der Waals surface area contributed by atoms with Gasteiger partial charge >= 0.3 is 6.61 Å². The molecule has 5 rings (SSSR count). The summed E-state index contributed by atoms with van der Waals surface area (Å²) < 4.78 is 42.0. The number of hydrogen-bond donors (Lipinski definition) is 1. The third kappa shape index (κ3) is 6.73. The smallest absolute Gasteiger partial charge is 0.345 e. The Hall–Kier alpha value is -2.22. The van der Waals surface area contributed by atoms with Gasteiger partial charge in [-0.05, 0) is 37.5 Å². The van der Waals surface area contributed by atoms with Crippen LogP contribution in [0.25, 0.3) is 0 Å². The van der Waals surface area contributed by atoms with Crippen molar-refractivity contribution in [1.29, 1.82) is 0 Å². The van der Waals surface area contributed by atoms with Crippen LogP contribution in [0.5, 0.6) is 0 Å². The van der Waals surface area contributed by atoms with Crippen molar-refractivity contribution >= 4 is 29.1 Å². The van der Waals surface area contributed by atoms with Crippen LogP contribution in [0, 0.1) is 28.6 Å². The van der Waals surface area contributed by atoms with E-state index in [2.05, 4.69) is 28.9 Å². The first kappa shape index (κ1) is 30.2. The van der Waals surface area contributed by atoms with Crippen molar-refractivity contribution in [2.24, 2.45) is 28.6 Å². The Morgan fingerprint density at radius 3 is 2.44 bits per heavy atom. The summed E-state index contributed by atoms with van der Waals surface area (Å²) in [5.74, 6) is -0.808. The van der Waals surface area contributed by atoms with E-state index in [4.69, 9.17) is 9.47 Å². The van der Waals surface area contributed by atoms with Gasteiger partial charge < -0.3 is 29.3 Å². The van der Waals surface area contributed by atoms with Crippen molar-refractivity contribution in [3.63, 3.8) is 0 Å². The van der Waals surface area contributed by atoms with E-state index in [1.54, 1.807) is 22.2 Å². The minimum absolute atomic E-state index is 0.0147. The molecule has 0 bridgehead atoms. The SMILES string of the molecule is C[C@@H](OCC1CCOCC1)[C@@H](COC(F)F)NC(=O)[C@@H]1CN(C(=O)c2cncs2)CC12CN(C(=O)[C@H]1CC1(C)C)C2. The van der Waals surface area contributed by atoms with E-state index in [1.165, 1.54) is 17.5 Å². The van der Waals surface area contributed by atoms with Crippen molar-refractivity contribution < 1.29 is 37.4 Å². The highest BCUT2D eigenvalue weighted by Crippen LogP contribution is 2.54. The van der Waals surface area contributed by atoms with Crippen LogP contribution in [0.15, 0.2) is 11.7 Å². The Kier molecular flexibility index (Phi) is 8.98. The molecular formula is C28H40F2N4O6S. The number of halogens is 2. The largest absolute Gasteiger partial charge is 0.381 e. The minimum atomic E-state index is -2.99. The number of hydrogen-bond acceptors (Lipinski definition) is 8. The van der Waals surface area contributed by atoms with Crippen LogP contribution in [-0.4, -0.2) is 104 Å². The zero-order valence-electron chi connectivity index (χ0n) is 23.9. The Morgan fingerprint density at radius 2 is 1.83 bits per heavy atom. The molecule has 0 radical (unpaired) electrons. The lowest BCUT2D eigenvalue weighted by Crippen LogP contribution is -2.65. The second-order valence-corrected chi connectivity index (χ2v) is 13.6. The lowest BCUT2D eigenvalue weighted by molar-refractivity contribution is -0.155. The van der Waals surface area contributed by atoms with Gasteiger partial charge in [0, 0.05) is 50.7 Å². The second kappa shape index (κ2) is 12.2. The first-order chi connectivity index (χ1) is 19.5. The van der Waals surface area contributed by atoms with E-state index in [0.717, 1.165) is 19.3 Å². The van der Waals surface area contributed by atoms with Gasteiger partial charge in [0.05, 0.1) is 43.0 Å². The van der Waals surface area contributed by atoms with Gasteiger partial charge in [-0.3, -0.25) is 19.4 Å². The van der Waals surface area contributed by atoms with Gasteiger partial charge in [0.2, 0.25) is 11.8 Å². The number of nitrogens with one attached hydrogen (secondary N) is 1. The summed E-state index contributed by atoms with van der Waals surface area (Å²) in [6.07, 6.45) is 3.49. The maximum atomic E-state index is 13.8. The molecule has 1 N–H and O–H groups in total. The second-order valence-electron chi connectivity index (χ2n) is 12.7. The molecule has 0 aromatic carbocycles. The highest BCUT2D eigenvalue weighted by Gasteiger charge is 2.62. The zero-order chi connectivity index (χ0) is 29.4. The Balaban J connectivity index is 1.27. The number of likely N-dealkylation sites (tertiary alicyclic amines) is 2. The topological polar surface area (TPSA) is 110 Å². The van der Waals surface area contributed by atoms with Crippen molar-refractivity contribution in [2.75, 3.05) is 52.6 Å². The molecule has 3 saturated heterocycles. The Morgan fingerprint density at radius 1 is 1.15 bits per heavy atom. The number of thiazole rings is 1. The van der Waals surface area contributed by atoms with Crippen LogP contribution in [0.3, 0.4) is 0 Å². The molecular weight excluding hydrogens is 558 g/mol. The number of amides is 3. The molecule has 4 fully saturated rings. The maximum Gasteiger partial charge on any atom is 0.345 e. The summed E-state index contributed by atoms with van der Waals surface area (Å²) >= 11 is 1.23. The summed E-state index contributed by atoms with van der Waals surface area (Å²) in [6, 6.07) is -0.815. The number of nitrogens with zero attached hydrogens (tertiary/aromatic N) is 3. The Labute approximate surface area is 243 Å². The molecule has 1 aromatic heterocycles. The van der Waals surface area contributed by atoms with E-state index < -0.39 is 36.7 Å². The molecule has 228 valence electrons. The third-order valence-corrected chi connectivity index (χ3v) is 10.0. The fraction of sp³-hybridized carbons (Fsp3) is 0.786. The lowest BCUT2D eigenvalue weighted by atomic mass is 9.70. The fourth-order valence-electron chi connectivity index (χ4n) is 6.33. The number of alkyl halides is 2. The average molecular weight is 599 g/mol. The van der Waals surface area contributed by atoms with Crippen LogP contribution < -0.4 is 5.32 Å². The third-order valence-electron chi connectivity index (χ3n) is 9.26. The van der Waals surface area contributed by atoms with Crippen LogP contribution >= 0.6 is 11.3 Å². The van der Waals surface area contributed by atoms with Gasteiger partial charge in [-0.1, -0.05) is 13.8 Å². The highest BCUT2D eigenvalue weighted by molar-refractivity contribution is 7.11. The van der Waals surface area contributed by atoms with Gasteiger partial charge in [0.15, 0.2) is 0 Å². The maximum absolute atomic E-state index is 13.8. The minimum Gasteiger partial charge on any atom is -0.381 e. The molecule has 13 heteroatoms. The molecule has 0 unspecified atom stereocenters. The standard InChI is InChI=1S/C28H40F2N4O6S/c1-17(39-11-18-4-6-38-7-5-18)21(12-40-26(29)30)32-23(35)20-10-33(25(37)22-9-31-16-41-22)13-28(20)14-34(15-28)24(36)19-8-27(19,2)3/h9,16-21,26H,4-8,10-15H2,1-3H3,(H,32,35)/t17-,19-,20+,21-/m1/s1. The van der Waals surface area contributed by atoms with Crippen molar-refractivity contribution in [1.82, 2.24) is 20.1 Å². The first-order valence-electron chi connectivity index (χ1n) is 14.3. The molecule has 1 aromatic rings. The summed E-state index contributed by atoms with van der Waals surface area (Å²) in [4.78, 5) is 48.0. The molecule has 3 amide bonds. The van der Waals surface area contributed by atoms with Crippen LogP contribution in [-0.2, 0) is 23.8 Å². The predicted octanol–water partition coefficient (Wildman–Crippen LogP) is 2.65. The van der Waals surface area contributed by atoms with Crippen LogP contribution in [0.2, 0.25) is 0 Å². The number of carbonyl (C=O) groups excluding carboxylic acids is 3. The summed E-state index contributed by atoms with van der Waals surface area (Å²) in [5.41, 5.74) is 0.957. The van der Waals surface area contributed by atoms with E-state index in [9.17, 15) is 23.2 Å². The van der Waals surface area contributed by atoms with Gasteiger partial charge in [-0.15, -0.1) is 11.3 Å². The molecule has 1 spiro atoms. The van der Waals surface area contributed by atoms with Crippen LogP contribution in [0.1, 0.15) is 49.7 Å². The predicted molar refractivity (Wildman–Crippen MR) is 145 cm³/mol. The number of ether oxygens (including phenoxy) is 3. The quantitative estimate of drug-likeness (QED) is 0.417. The summed E-state index contributed by atoms with van der Waals surface area (Å²) in [5, 5.41) is 2.91.